The summed E-state index contributed by atoms with van der Waals surface area (Å²) in [6, 6.07) is 9.18. The Kier molecular flexibility index (Phi) is 14.3. The minimum absolute atomic E-state index is 0.0804. The first-order valence-electron chi connectivity index (χ1n) is 17.8. The van der Waals surface area contributed by atoms with Crippen LogP contribution in [0, 0.1) is 5.41 Å². The molecule has 3 atom stereocenters. The fourth-order valence-corrected chi connectivity index (χ4v) is 6.32. The normalized spacial score (nSPS) is 20.1. The van der Waals surface area contributed by atoms with Crippen LogP contribution >= 0.6 is 0 Å². The van der Waals surface area contributed by atoms with Crippen LogP contribution in [0.4, 0.5) is 0 Å². The van der Waals surface area contributed by atoms with Crippen molar-refractivity contribution in [2.75, 3.05) is 39.3 Å². The maximum Gasteiger partial charge on any atom is 0.323 e. The van der Waals surface area contributed by atoms with E-state index >= 15 is 0 Å². The molecule has 9 heteroatoms. The van der Waals surface area contributed by atoms with Gasteiger partial charge in [-0.05, 0) is 99.5 Å². The molecule has 1 aliphatic rings. The second-order valence-electron chi connectivity index (χ2n) is 18.0. The van der Waals surface area contributed by atoms with Crippen molar-refractivity contribution in [2.45, 2.75) is 151 Å². The summed E-state index contributed by atoms with van der Waals surface area (Å²) >= 11 is 0. The molecule has 0 saturated carbocycles. The van der Waals surface area contributed by atoms with E-state index in [1.807, 2.05) is 87.4 Å². The minimum Gasteiger partial charge on any atom is -0.459 e. The number of benzene rings is 1. The van der Waals surface area contributed by atoms with Crippen LogP contribution in [-0.4, -0.2) is 106 Å². The molecular formula is C39H67N3O6. The third kappa shape index (κ3) is 14.6. The Morgan fingerprint density at radius 3 is 1.65 bits per heavy atom. The van der Waals surface area contributed by atoms with Crippen LogP contribution < -0.4 is 0 Å². The van der Waals surface area contributed by atoms with E-state index in [2.05, 4.69) is 54.5 Å². The molecule has 48 heavy (non-hydrogen) atoms. The average Bonchev–Trinajstić information content (AvgIpc) is 3.05. The van der Waals surface area contributed by atoms with Crippen LogP contribution in [0.15, 0.2) is 30.3 Å². The molecule has 0 amide bonds. The maximum absolute atomic E-state index is 14.0. The smallest absolute Gasteiger partial charge is 0.323 e. The molecule has 1 saturated heterocycles. The zero-order valence-corrected chi connectivity index (χ0v) is 32.7. The van der Waals surface area contributed by atoms with Gasteiger partial charge >= 0.3 is 17.9 Å². The Morgan fingerprint density at radius 1 is 0.750 bits per heavy atom. The first-order chi connectivity index (χ1) is 21.8. The molecule has 0 aromatic heterocycles. The highest BCUT2D eigenvalue weighted by Gasteiger charge is 2.46. The molecule has 0 N–H and O–H groups in total. The van der Waals surface area contributed by atoms with E-state index in [1.165, 1.54) is 0 Å². The number of carbonyl (C=O) groups excluding carboxylic acids is 3. The number of carbonyl (C=O) groups is 3. The summed E-state index contributed by atoms with van der Waals surface area (Å²) in [5, 5.41) is 0. The van der Waals surface area contributed by atoms with Gasteiger partial charge in [-0.2, -0.15) is 0 Å². The van der Waals surface area contributed by atoms with Crippen molar-refractivity contribution < 1.29 is 28.6 Å². The molecule has 2 rings (SSSR count). The lowest BCUT2D eigenvalue weighted by Crippen LogP contribution is -2.62. The van der Waals surface area contributed by atoms with Gasteiger partial charge in [0.25, 0.3) is 0 Å². The van der Waals surface area contributed by atoms with Gasteiger partial charge < -0.3 is 14.2 Å². The number of rotatable bonds is 12. The molecule has 1 fully saturated rings. The van der Waals surface area contributed by atoms with E-state index < -0.39 is 34.4 Å². The summed E-state index contributed by atoms with van der Waals surface area (Å²) in [5.74, 6) is -0.826. The molecule has 0 radical (unpaired) electrons. The number of hydrogen-bond acceptors (Lipinski definition) is 9. The van der Waals surface area contributed by atoms with Gasteiger partial charge in [-0.25, -0.2) is 0 Å². The van der Waals surface area contributed by atoms with Crippen molar-refractivity contribution in [1.29, 1.82) is 0 Å². The number of aryl methyl sites for hydroxylation is 1. The Hall–Kier alpha value is -2.49. The molecule has 1 aromatic carbocycles. The van der Waals surface area contributed by atoms with E-state index in [4.69, 9.17) is 14.2 Å². The van der Waals surface area contributed by atoms with E-state index in [0.717, 1.165) is 5.56 Å². The molecular weight excluding hydrogens is 606 g/mol. The third-order valence-electron chi connectivity index (χ3n) is 8.11. The van der Waals surface area contributed by atoms with Crippen molar-refractivity contribution in [1.82, 2.24) is 14.7 Å². The highest BCUT2D eigenvalue weighted by molar-refractivity contribution is 5.77. The van der Waals surface area contributed by atoms with Gasteiger partial charge in [0.15, 0.2) is 0 Å². The van der Waals surface area contributed by atoms with E-state index in [9.17, 15) is 14.4 Å². The van der Waals surface area contributed by atoms with Gasteiger partial charge in [-0.1, -0.05) is 58.0 Å². The zero-order chi connectivity index (χ0) is 36.7. The fourth-order valence-electron chi connectivity index (χ4n) is 6.32. The lowest BCUT2D eigenvalue weighted by molar-refractivity contribution is -0.164. The lowest BCUT2D eigenvalue weighted by Gasteiger charge is -2.47. The fraction of sp³-hybridized carbons (Fsp3) is 0.769. The topological polar surface area (TPSA) is 88.6 Å². The summed E-state index contributed by atoms with van der Waals surface area (Å²) in [4.78, 5) is 47.8. The molecule has 0 bridgehead atoms. The number of nitrogens with zero attached hydrogens (tertiary/aromatic N) is 3. The maximum atomic E-state index is 14.0. The highest BCUT2D eigenvalue weighted by atomic mass is 16.6. The summed E-state index contributed by atoms with van der Waals surface area (Å²) < 4.78 is 17.8. The van der Waals surface area contributed by atoms with Gasteiger partial charge in [0.2, 0.25) is 0 Å². The molecule has 1 aliphatic heterocycles. The van der Waals surface area contributed by atoms with E-state index in [1.54, 1.807) is 0 Å². The van der Waals surface area contributed by atoms with Crippen molar-refractivity contribution in [3.05, 3.63) is 35.9 Å². The van der Waals surface area contributed by atoms with Crippen molar-refractivity contribution in [3.63, 3.8) is 0 Å². The molecule has 274 valence electrons. The average molecular weight is 674 g/mol. The largest absolute Gasteiger partial charge is 0.459 e. The van der Waals surface area contributed by atoms with Gasteiger partial charge in [-0.15, -0.1) is 0 Å². The zero-order valence-electron chi connectivity index (χ0n) is 32.7. The SMILES string of the molecule is CCC(C(=O)OC(C)(C)C)N1CCN(C(CCc2ccccc2)C(=O)OC(C)(C)C)CC(C)(N(CC(=O)OC(C)(C)C)CC(C)(C)C)C1. The molecule has 1 aromatic rings. The number of esters is 3. The Bertz CT molecular complexity index is 1190. The Labute approximate surface area is 292 Å². The van der Waals surface area contributed by atoms with Gasteiger partial charge in [0, 0.05) is 38.3 Å². The monoisotopic (exact) mass is 674 g/mol. The summed E-state index contributed by atoms with van der Waals surface area (Å²) in [5.41, 5.74) is -1.55. The molecule has 0 spiro atoms. The predicted molar refractivity (Wildman–Crippen MR) is 193 cm³/mol. The van der Waals surface area contributed by atoms with Crippen LogP contribution in [-0.2, 0) is 35.0 Å². The van der Waals surface area contributed by atoms with E-state index in [0.29, 0.717) is 52.0 Å². The second-order valence-corrected chi connectivity index (χ2v) is 18.0. The van der Waals surface area contributed by atoms with Gasteiger partial charge in [0.1, 0.15) is 28.9 Å². The summed E-state index contributed by atoms with van der Waals surface area (Å²) in [7, 11) is 0. The van der Waals surface area contributed by atoms with Crippen LogP contribution in [0.5, 0.6) is 0 Å². The van der Waals surface area contributed by atoms with Crippen molar-refractivity contribution >= 4 is 17.9 Å². The van der Waals surface area contributed by atoms with Gasteiger partial charge in [0.05, 0.1) is 6.54 Å². The summed E-state index contributed by atoms with van der Waals surface area (Å²) in [6.07, 6.45) is 1.85. The lowest BCUT2D eigenvalue weighted by atomic mass is 9.90. The first-order valence-corrected chi connectivity index (χ1v) is 17.8. The number of hydrogen-bond donors (Lipinski definition) is 0. The van der Waals surface area contributed by atoms with Crippen molar-refractivity contribution in [3.8, 4) is 0 Å². The van der Waals surface area contributed by atoms with Crippen LogP contribution in [0.3, 0.4) is 0 Å². The molecule has 9 nitrogen and oxygen atoms in total. The van der Waals surface area contributed by atoms with Crippen LogP contribution in [0.2, 0.25) is 0 Å². The second kappa shape index (κ2) is 16.5. The summed E-state index contributed by atoms with van der Waals surface area (Å²) in [6.45, 7) is 30.4. The Balaban J connectivity index is 2.66. The van der Waals surface area contributed by atoms with Crippen LogP contribution in [0.25, 0.3) is 0 Å². The minimum atomic E-state index is -0.651. The first kappa shape index (κ1) is 41.7. The molecule has 3 unspecified atom stereocenters. The standard InChI is InChI=1S/C39H67N3O6/c1-15-30(33(44)47-37(8,9)10)40-23-24-41(31(34(45)48-38(11,12)13)22-21-29-19-17-16-18-20-29)28-39(14,27-40)42(26-35(2,3)4)25-32(43)46-36(5,6)7/h16-20,30-31H,15,21-28H2,1-14H3. The molecule has 0 aliphatic carbocycles. The third-order valence-corrected chi connectivity index (χ3v) is 8.11. The predicted octanol–water partition coefficient (Wildman–Crippen LogP) is 6.52. The quantitative estimate of drug-likeness (QED) is 0.182. The van der Waals surface area contributed by atoms with Crippen LogP contribution in [0.1, 0.15) is 115 Å². The Morgan fingerprint density at radius 2 is 1.21 bits per heavy atom. The number of ether oxygens (including phenoxy) is 3. The molecule has 1 heterocycles. The van der Waals surface area contributed by atoms with Gasteiger partial charge in [-0.3, -0.25) is 29.1 Å². The van der Waals surface area contributed by atoms with Crippen molar-refractivity contribution in [2.24, 2.45) is 5.41 Å². The highest BCUT2D eigenvalue weighted by Crippen LogP contribution is 2.31. The van der Waals surface area contributed by atoms with E-state index in [-0.39, 0.29) is 29.9 Å².